The van der Waals surface area contributed by atoms with Crippen molar-refractivity contribution in [2.75, 3.05) is 0 Å². The van der Waals surface area contributed by atoms with Crippen molar-refractivity contribution in [3.63, 3.8) is 0 Å². The molecule has 1 nitrogen and oxygen atoms in total. The van der Waals surface area contributed by atoms with Crippen LogP contribution in [0.1, 0.15) is 0 Å². The second-order valence-corrected chi connectivity index (χ2v) is 6.11. The van der Waals surface area contributed by atoms with Gasteiger partial charge in [-0.1, -0.05) is 42.5 Å². The molecule has 3 aromatic carbocycles. The third-order valence-electron chi connectivity index (χ3n) is 3.58. The fraction of sp³-hybridized carbons (Fsp3) is 0. The first kappa shape index (κ1) is 13.2. The summed E-state index contributed by atoms with van der Waals surface area (Å²) in [7, 11) is 0. The van der Waals surface area contributed by atoms with Crippen molar-refractivity contribution in [1.82, 2.24) is 4.98 Å². The zero-order chi connectivity index (χ0) is 14.9. The molecule has 22 heavy (non-hydrogen) atoms. The normalized spacial score (nSPS) is 11.0. The van der Waals surface area contributed by atoms with E-state index < -0.39 is 0 Å². The molecule has 0 amide bonds. The maximum Gasteiger partial charge on any atom is 0.124 e. The molecule has 0 atom stereocenters. The first-order valence-electron chi connectivity index (χ1n) is 7.01. The topological polar surface area (TPSA) is 12.9 Å². The standard InChI is InChI=1S/C19H12FNS/c20-16-10-8-13(9-11-16)14-4-3-5-15(12-14)19-21-17-6-1-2-7-18(17)22-19/h1-12H. The Morgan fingerprint density at radius 2 is 1.50 bits per heavy atom. The summed E-state index contributed by atoms with van der Waals surface area (Å²) in [6, 6.07) is 22.9. The van der Waals surface area contributed by atoms with Crippen LogP contribution in [0.15, 0.2) is 72.8 Å². The van der Waals surface area contributed by atoms with Gasteiger partial charge in [-0.05, 0) is 41.5 Å². The van der Waals surface area contributed by atoms with Crippen molar-refractivity contribution in [3.8, 4) is 21.7 Å². The van der Waals surface area contributed by atoms with Gasteiger partial charge in [-0.25, -0.2) is 9.37 Å². The van der Waals surface area contributed by atoms with Crippen LogP contribution in [0.2, 0.25) is 0 Å². The number of thiazole rings is 1. The molecule has 1 aromatic heterocycles. The van der Waals surface area contributed by atoms with Crippen LogP contribution in [0.5, 0.6) is 0 Å². The van der Waals surface area contributed by atoms with Gasteiger partial charge in [-0.3, -0.25) is 0 Å². The van der Waals surface area contributed by atoms with E-state index in [2.05, 4.69) is 18.2 Å². The average molecular weight is 305 g/mol. The molecular weight excluding hydrogens is 293 g/mol. The Labute approximate surface area is 131 Å². The van der Waals surface area contributed by atoms with E-state index in [1.165, 1.54) is 16.8 Å². The van der Waals surface area contributed by atoms with E-state index in [0.717, 1.165) is 27.2 Å². The number of fused-ring (bicyclic) bond motifs is 1. The van der Waals surface area contributed by atoms with Crippen LogP contribution in [0, 0.1) is 5.82 Å². The summed E-state index contributed by atoms with van der Waals surface area (Å²) >= 11 is 1.69. The molecule has 0 unspecified atom stereocenters. The predicted octanol–water partition coefficient (Wildman–Crippen LogP) is 5.77. The Hall–Kier alpha value is -2.52. The number of para-hydroxylation sites is 1. The van der Waals surface area contributed by atoms with Crippen LogP contribution in [0.4, 0.5) is 4.39 Å². The molecule has 4 rings (SSSR count). The molecule has 3 heteroatoms. The predicted molar refractivity (Wildman–Crippen MR) is 90.5 cm³/mol. The third-order valence-corrected chi connectivity index (χ3v) is 4.67. The number of nitrogens with zero attached hydrogens (tertiary/aromatic N) is 1. The van der Waals surface area contributed by atoms with Gasteiger partial charge < -0.3 is 0 Å². The minimum Gasteiger partial charge on any atom is -0.236 e. The lowest BCUT2D eigenvalue weighted by atomic mass is 10.0. The largest absolute Gasteiger partial charge is 0.236 e. The van der Waals surface area contributed by atoms with Crippen LogP contribution < -0.4 is 0 Å². The van der Waals surface area contributed by atoms with E-state index in [1.54, 1.807) is 23.5 Å². The van der Waals surface area contributed by atoms with Gasteiger partial charge in [0.1, 0.15) is 10.8 Å². The van der Waals surface area contributed by atoms with Gasteiger partial charge in [0.25, 0.3) is 0 Å². The number of benzene rings is 3. The molecule has 0 saturated carbocycles. The lowest BCUT2D eigenvalue weighted by Gasteiger charge is -2.03. The van der Waals surface area contributed by atoms with Crippen molar-refractivity contribution in [2.24, 2.45) is 0 Å². The van der Waals surface area contributed by atoms with Gasteiger partial charge in [-0.2, -0.15) is 0 Å². The zero-order valence-electron chi connectivity index (χ0n) is 11.7. The summed E-state index contributed by atoms with van der Waals surface area (Å²) in [5, 5.41) is 1.00. The fourth-order valence-corrected chi connectivity index (χ4v) is 3.43. The molecule has 0 saturated heterocycles. The van der Waals surface area contributed by atoms with Crippen molar-refractivity contribution >= 4 is 21.6 Å². The quantitative estimate of drug-likeness (QED) is 0.458. The Balaban J connectivity index is 1.79. The number of hydrogen-bond acceptors (Lipinski definition) is 2. The second kappa shape index (κ2) is 5.35. The summed E-state index contributed by atoms with van der Waals surface area (Å²) in [5.74, 6) is -0.217. The van der Waals surface area contributed by atoms with Gasteiger partial charge in [0.15, 0.2) is 0 Å². The van der Waals surface area contributed by atoms with Gasteiger partial charge >= 0.3 is 0 Å². The molecule has 0 fully saturated rings. The van der Waals surface area contributed by atoms with Crippen molar-refractivity contribution < 1.29 is 4.39 Å². The van der Waals surface area contributed by atoms with E-state index in [9.17, 15) is 4.39 Å². The summed E-state index contributed by atoms with van der Waals surface area (Å²) in [4.78, 5) is 4.69. The van der Waals surface area contributed by atoms with Crippen LogP contribution in [-0.2, 0) is 0 Å². The SMILES string of the molecule is Fc1ccc(-c2cccc(-c3nc4ccccc4s3)c2)cc1. The molecular formula is C19H12FNS. The molecule has 0 bridgehead atoms. The molecule has 0 N–H and O–H groups in total. The first-order valence-corrected chi connectivity index (χ1v) is 7.83. The second-order valence-electron chi connectivity index (χ2n) is 5.07. The minimum absolute atomic E-state index is 0.217. The summed E-state index contributed by atoms with van der Waals surface area (Å²) in [6.07, 6.45) is 0. The van der Waals surface area contributed by atoms with E-state index in [4.69, 9.17) is 4.98 Å². The van der Waals surface area contributed by atoms with Crippen LogP contribution in [0.25, 0.3) is 31.9 Å². The lowest BCUT2D eigenvalue weighted by molar-refractivity contribution is 0.628. The third kappa shape index (κ3) is 2.40. The number of halogens is 1. The first-order chi connectivity index (χ1) is 10.8. The van der Waals surface area contributed by atoms with E-state index >= 15 is 0 Å². The maximum absolute atomic E-state index is 13.1. The Kier molecular flexibility index (Phi) is 3.20. The fourth-order valence-electron chi connectivity index (χ4n) is 2.47. The average Bonchev–Trinajstić information content (AvgIpc) is 3.00. The zero-order valence-corrected chi connectivity index (χ0v) is 12.5. The highest BCUT2D eigenvalue weighted by Crippen LogP contribution is 2.32. The summed E-state index contributed by atoms with van der Waals surface area (Å²) < 4.78 is 14.2. The molecule has 0 aliphatic carbocycles. The van der Waals surface area contributed by atoms with Gasteiger partial charge in [-0.15, -0.1) is 11.3 Å². The molecule has 1 heterocycles. The number of aromatic nitrogens is 1. The summed E-state index contributed by atoms with van der Waals surface area (Å²) in [6.45, 7) is 0. The molecule has 0 aliphatic rings. The number of rotatable bonds is 2. The highest BCUT2D eigenvalue weighted by Gasteiger charge is 2.07. The highest BCUT2D eigenvalue weighted by molar-refractivity contribution is 7.21. The molecule has 0 radical (unpaired) electrons. The smallest absolute Gasteiger partial charge is 0.124 e. The van der Waals surface area contributed by atoms with Crippen LogP contribution in [0.3, 0.4) is 0 Å². The summed E-state index contributed by atoms with van der Waals surface area (Å²) in [5.41, 5.74) is 4.18. The number of hydrogen-bond donors (Lipinski definition) is 0. The van der Waals surface area contributed by atoms with E-state index in [0.29, 0.717) is 0 Å². The van der Waals surface area contributed by atoms with Gasteiger partial charge in [0, 0.05) is 5.56 Å². The highest BCUT2D eigenvalue weighted by atomic mass is 32.1. The Morgan fingerprint density at radius 1 is 0.727 bits per heavy atom. The molecule has 0 aliphatic heterocycles. The molecule has 0 spiro atoms. The van der Waals surface area contributed by atoms with Crippen molar-refractivity contribution in [2.45, 2.75) is 0 Å². The van der Waals surface area contributed by atoms with E-state index in [-0.39, 0.29) is 5.82 Å². The monoisotopic (exact) mass is 305 g/mol. The minimum atomic E-state index is -0.217. The molecule has 4 aromatic rings. The van der Waals surface area contributed by atoms with E-state index in [1.807, 2.05) is 30.3 Å². The van der Waals surface area contributed by atoms with Crippen molar-refractivity contribution in [3.05, 3.63) is 78.6 Å². The maximum atomic E-state index is 13.1. The van der Waals surface area contributed by atoms with Crippen LogP contribution >= 0.6 is 11.3 Å². The van der Waals surface area contributed by atoms with Crippen molar-refractivity contribution in [1.29, 1.82) is 0 Å². The van der Waals surface area contributed by atoms with Crippen LogP contribution in [-0.4, -0.2) is 4.98 Å². The molecule has 106 valence electrons. The lowest BCUT2D eigenvalue weighted by Crippen LogP contribution is -1.81. The Bertz CT molecular complexity index is 908. The van der Waals surface area contributed by atoms with Gasteiger partial charge in [0.2, 0.25) is 0 Å². The van der Waals surface area contributed by atoms with Gasteiger partial charge in [0.05, 0.1) is 10.2 Å². The Morgan fingerprint density at radius 3 is 2.32 bits per heavy atom.